The summed E-state index contributed by atoms with van der Waals surface area (Å²) in [6.07, 6.45) is 12.3. The van der Waals surface area contributed by atoms with Gasteiger partial charge in [0, 0.05) is 0 Å². The average molecular weight is 685 g/mol. The Labute approximate surface area is 286 Å². The van der Waals surface area contributed by atoms with Gasteiger partial charge in [-0.3, -0.25) is 6.08 Å². The molecule has 6 rings (SSSR count). The molecule has 0 heterocycles. The van der Waals surface area contributed by atoms with Crippen LogP contribution in [0.25, 0.3) is 21.5 Å². The van der Waals surface area contributed by atoms with Crippen molar-refractivity contribution in [2.45, 2.75) is 65.7 Å². The number of benzene rings is 4. The maximum atomic E-state index is 3.57. The summed E-state index contributed by atoms with van der Waals surface area (Å²) < 4.78 is 1.42. The van der Waals surface area contributed by atoms with Gasteiger partial charge < -0.3 is 24.8 Å². The minimum Gasteiger partial charge on any atom is -0.126 e. The van der Waals surface area contributed by atoms with Crippen LogP contribution in [0.15, 0.2) is 132 Å². The van der Waals surface area contributed by atoms with E-state index < -0.39 is 0 Å². The second-order valence-corrected chi connectivity index (χ2v) is 11.8. The molecule has 0 aromatic heterocycles. The number of halogens is 2. The van der Waals surface area contributed by atoms with E-state index in [1.807, 2.05) is 0 Å². The van der Waals surface area contributed by atoms with Crippen molar-refractivity contribution in [1.29, 1.82) is 0 Å². The van der Waals surface area contributed by atoms with Crippen molar-refractivity contribution in [1.82, 2.24) is 0 Å². The van der Waals surface area contributed by atoms with Gasteiger partial charge in [-0.2, -0.15) is 11.1 Å². The fourth-order valence-corrected chi connectivity index (χ4v) is 6.35. The smallest absolute Gasteiger partial charge is 0.0771 e. The van der Waals surface area contributed by atoms with Gasteiger partial charge in [0.05, 0.1) is 0 Å². The third kappa shape index (κ3) is 10.3. The molecule has 0 nitrogen and oxygen atoms in total. The van der Waals surface area contributed by atoms with Crippen molar-refractivity contribution in [2.24, 2.45) is 0 Å². The second kappa shape index (κ2) is 19.8. The molecule has 1 aliphatic rings. The fourth-order valence-electron chi connectivity index (χ4n) is 5.53. The van der Waals surface area contributed by atoms with Gasteiger partial charge in [0.2, 0.25) is 0 Å². The summed E-state index contributed by atoms with van der Waals surface area (Å²) in [4.78, 5) is 0. The molecule has 0 bridgehead atoms. The molecule has 222 valence electrons. The molecular weight excluding hydrogens is 643 g/mol. The summed E-state index contributed by atoms with van der Waals surface area (Å²) >= 11 is 1.46. The maximum Gasteiger partial charge on any atom is -0.0771 e. The Morgan fingerprint density at radius 1 is 0.605 bits per heavy atom. The van der Waals surface area contributed by atoms with Crippen molar-refractivity contribution >= 4 is 24.8 Å². The zero-order chi connectivity index (χ0) is 28.9. The van der Waals surface area contributed by atoms with Crippen LogP contribution in [0, 0.1) is 6.08 Å². The van der Waals surface area contributed by atoms with Crippen molar-refractivity contribution in [3.63, 3.8) is 0 Å². The van der Waals surface area contributed by atoms with Gasteiger partial charge in [-0.25, -0.2) is 5.57 Å². The predicted octanol–water partition coefficient (Wildman–Crippen LogP) is 5.34. The maximum absolute atomic E-state index is 3.57. The van der Waals surface area contributed by atoms with E-state index in [-0.39, 0.29) is 24.8 Å². The number of hydrogen-bond acceptors (Lipinski definition) is 0. The fraction of sp³-hybridized carbons (Fsp3) is 0.250. The Morgan fingerprint density at radius 3 is 1.51 bits per heavy atom. The molecular formula is C40H42Cl2Zr-2. The molecule has 1 aliphatic carbocycles. The van der Waals surface area contributed by atoms with Crippen molar-refractivity contribution < 1.29 is 49.0 Å². The van der Waals surface area contributed by atoms with E-state index in [0.29, 0.717) is 0 Å². The third-order valence-corrected chi connectivity index (χ3v) is 8.92. The molecule has 0 N–H and O–H groups in total. The third-order valence-electron chi connectivity index (χ3n) is 7.51. The van der Waals surface area contributed by atoms with Crippen LogP contribution >= 0.6 is 0 Å². The van der Waals surface area contributed by atoms with Crippen molar-refractivity contribution in [2.75, 3.05) is 0 Å². The van der Waals surface area contributed by atoms with Crippen LogP contribution in [-0.4, -0.2) is 3.21 Å². The molecule has 0 radical (unpaired) electrons. The van der Waals surface area contributed by atoms with Crippen molar-refractivity contribution in [3.8, 4) is 0 Å². The Hall–Kier alpha value is -2.44. The first-order valence-electron chi connectivity index (χ1n) is 15.2. The van der Waals surface area contributed by atoms with Crippen LogP contribution in [0.1, 0.15) is 76.8 Å². The van der Waals surface area contributed by atoms with Gasteiger partial charge >= 0.3 is 99.2 Å². The molecule has 3 heteroatoms. The van der Waals surface area contributed by atoms with Crippen LogP contribution < -0.4 is 24.8 Å². The predicted molar refractivity (Wildman–Crippen MR) is 176 cm³/mol. The second-order valence-electron chi connectivity index (χ2n) is 10.6. The first kappa shape index (κ1) is 36.8. The Morgan fingerprint density at radius 2 is 1.05 bits per heavy atom. The van der Waals surface area contributed by atoms with E-state index >= 15 is 0 Å². The van der Waals surface area contributed by atoms with Gasteiger partial charge in [0.25, 0.3) is 0 Å². The first-order valence-corrected chi connectivity index (χ1v) is 16.4. The first-order chi connectivity index (χ1) is 20.2. The van der Waals surface area contributed by atoms with E-state index in [2.05, 4.69) is 142 Å². The van der Waals surface area contributed by atoms with E-state index in [1.54, 1.807) is 11.1 Å². The van der Waals surface area contributed by atoms with E-state index in [4.69, 9.17) is 0 Å². The molecule has 0 fully saturated rings. The zero-order valence-corrected chi connectivity index (χ0v) is 29.6. The SMILES string of the molecule is CCCC1=[C-]CC(CCC)=C1CCC.[Cl-].[Cl-].[Zr+2]=[C](c1ccccc1)c1ccccc1.c1ccc2c(c1)[cH-]c1ccccc12. The van der Waals surface area contributed by atoms with Crippen LogP contribution in [0.2, 0.25) is 0 Å². The minimum absolute atomic E-state index is 0. The molecule has 0 saturated heterocycles. The molecule has 0 saturated carbocycles. The Kier molecular flexibility index (Phi) is 16.9. The normalized spacial score (nSPS) is 11.9. The zero-order valence-electron chi connectivity index (χ0n) is 25.7. The number of hydrogen-bond donors (Lipinski definition) is 0. The molecule has 43 heavy (non-hydrogen) atoms. The van der Waals surface area contributed by atoms with Gasteiger partial charge in [-0.15, -0.1) is 46.2 Å². The Balaban J connectivity index is 0.000000220. The number of rotatable bonds is 8. The molecule has 5 aromatic rings. The van der Waals surface area contributed by atoms with Crippen LogP contribution in [0.3, 0.4) is 0 Å². The van der Waals surface area contributed by atoms with Crippen LogP contribution in [0.5, 0.6) is 0 Å². The minimum atomic E-state index is 0. The molecule has 0 aliphatic heterocycles. The summed E-state index contributed by atoms with van der Waals surface area (Å²) in [6, 6.07) is 40.4. The molecule has 0 atom stereocenters. The van der Waals surface area contributed by atoms with Gasteiger partial charge in [0.1, 0.15) is 0 Å². The average Bonchev–Trinajstić information content (AvgIpc) is 3.60. The number of allylic oxidation sites excluding steroid dienone is 4. The van der Waals surface area contributed by atoms with E-state index in [0.717, 1.165) is 6.42 Å². The van der Waals surface area contributed by atoms with Gasteiger partial charge in [0.15, 0.2) is 0 Å². The molecule has 5 aromatic carbocycles. The Bertz CT molecular complexity index is 1500. The van der Waals surface area contributed by atoms with Crippen LogP contribution in [-0.2, 0) is 24.2 Å². The van der Waals surface area contributed by atoms with Crippen LogP contribution in [0.4, 0.5) is 0 Å². The number of fused-ring (bicyclic) bond motifs is 3. The summed E-state index contributed by atoms with van der Waals surface area (Å²) in [5, 5.41) is 5.39. The molecule has 0 amide bonds. The summed E-state index contributed by atoms with van der Waals surface area (Å²) in [5.41, 5.74) is 7.54. The van der Waals surface area contributed by atoms with E-state index in [9.17, 15) is 0 Å². The topological polar surface area (TPSA) is 0 Å². The van der Waals surface area contributed by atoms with Crippen molar-refractivity contribution in [3.05, 3.63) is 149 Å². The monoisotopic (exact) mass is 682 g/mol. The largest absolute Gasteiger partial charge is 0.126 e. The standard InChI is InChI=1S/C14H23.C13H9.C13H10.2ClH.Zr/c1-4-7-12-10-11-13(8-5-2)14(12)9-6-3;1-3-7-12-10(5-1)9-11-6-2-4-8-13(11)12;1-3-7-12(8-4-1)11-13-9-5-2-6-10-13;;;/h4-10H2,1-3H3;1-9H;1-10H;2*1H;/q2*-1;;;;+2/p-2. The van der Waals surface area contributed by atoms with Gasteiger partial charge in [-0.05, 0) is 6.42 Å². The molecule has 0 unspecified atom stereocenters. The summed E-state index contributed by atoms with van der Waals surface area (Å²) in [5.74, 6) is 0. The van der Waals surface area contributed by atoms with Gasteiger partial charge in [-0.1, -0.05) is 89.3 Å². The summed E-state index contributed by atoms with van der Waals surface area (Å²) in [6.45, 7) is 6.81. The quantitative estimate of drug-likeness (QED) is 0.194. The summed E-state index contributed by atoms with van der Waals surface area (Å²) in [7, 11) is 0. The van der Waals surface area contributed by atoms with E-state index in [1.165, 1.54) is 104 Å². The molecule has 0 spiro atoms.